The van der Waals surface area contributed by atoms with Gasteiger partial charge < -0.3 is 5.11 Å². The average Bonchev–Trinajstić information content (AvgIpc) is 2.72. The molecular weight excluding hydrogens is 352 g/mol. The van der Waals surface area contributed by atoms with Crippen molar-refractivity contribution in [1.82, 2.24) is 0 Å². The van der Waals surface area contributed by atoms with Crippen LogP contribution in [-0.4, -0.2) is 17.0 Å². The molecule has 5 heteroatoms. The molecule has 18 heavy (non-hydrogen) atoms. The molecule has 96 valence electrons. The summed E-state index contributed by atoms with van der Waals surface area (Å²) in [5.74, 6) is 0.686. The molecule has 1 aromatic heterocycles. The molecule has 2 rings (SSSR count). The summed E-state index contributed by atoms with van der Waals surface area (Å²) in [6.45, 7) is 0. The van der Waals surface area contributed by atoms with Crippen molar-refractivity contribution >= 4 is 50.6 Å². The lowest BCUT2D eigenvalue weighted by molar-refractivity contribution is 0.201. The highest BCUT2D eigenvalue weighted by Gasteiger charge is 2.08. The Kier molecular flexibility index (Phi) is 5.57. The molecule has 1 N–H and O–H groups in total. The van der Waals surface area contributed by atoms with E-state index in [9.17, 15) is 5.11 Å². The molecule has 1 heterocycles. The third kappa shape index (κ3) is 4.59. The molecule has 1 unspecified atom stereocenters. The first kappa shape index (κ1) is 14.4. The highest BCUT2D eigenvalue weighted by Crippen LogP contribution is 2.25. The third-order valence-electron chi connectivity index (χ3n) is 2.30. The molecule has 1 nitrogen and oxygen atoms in total. The van der Waals surface area contributed by atoms with Crippen molar-refractivity contribution in [3.05, 3.63) is 50.1 Å². The van der Waals surface area contributed by atoms with Gasteiger partial charge in [-0.15, -0.1) is 23.1 Å². The topological polar surface area (TPSA) is 20.2 Å². The zero-order valence-electron chi connectivity index (χ0n) is 9.48. The van der Waals surface area contributed by atoms with Crippen LogP contribution in [0.2, 0.25) is 4.34 Å². The zero-order chi connectivity index (χ0) is 13.0. The Morgan fingerprint density at radius 2 is 2.17 bits per heavy atom. The first-order valence-electron chi connectivity index (χ1n) is 5.44. The first-order chi connectivity index (χ1) is 8.63. The lowest BCUT2D eigenvalue weighted by atomic mass is 10.2. The van der Waals surface area contributed by atoms with E-state index in [0.29, 0.717) is 12.2 Å². The lowest BCUT2D eigenvalue weighted by Crippen LogP contribution is -2.12. The van der Waals surface area contributed by atoms with Crippen molar-refractivity contribution in [1.29, 1.82) is 0 Å². The van der Waals surface area contributed by atoms with Crippen LogP contribution in [-0.2, 0) is 6.42 Å². The van der Waals surface area contributed by atoms with E-state index in [1.54, 1.807) is 11.8 Å². The zero-order valence-corrected chi connectivity index (χ0v) is 13.5. The summed E-state index contributed by atoms with van der Waals surface area (Å²) in [4.78, 5) is 2.29. The molecule has 1 atom stereocenters. The van der Waals surface area contributed by atoms with Gasteiger partial charge in [-0.1, -0.05) is 33.6 Å². The van der Waals surface area contributed by atoms with Gasteiger partial charge in [0, 0.05) is 26.4 Å². The second-order valence-corrected chi connectivity index (χ2v) is 7.64. The summed E-state index contributed by atoms with van der Waals surface area (Å²) in [6.07, 6.45) is 0.321. The molecule has 0 bridgehead atoms. The number of thioether (sulfide) groups is 1. The largest absolute Gasteiger partial charge is 0.392 e. The van der Waals surface area contributed by atoms with Crippen molar-refractivity contribution in [2.45, 2.75) is 17.4 Å². The Morgan fingerprint density at radius 3 is 2.83 bits per heavy atom. The SMILES string of the molecule is OC(CSc1cccc(Br)c1)Cc1ccc(Cl)s1. The Labute approximate surface area is 128 Å². The number of aliphatic hydroxyl groups is 1. The molecule has 0 amide bonds. The van der Waals surface area contributed by atoms with Crippen LogP contribution in [0, 0.1) is 0 Å². The molecule has 1 aromatic carbocycles. The number of aliphatic hydroxyl groups excluding tert-OH is 1. The van der Waals surface area contributed by atoms with E-state index < -0.39 is 0 Å². The van der Waals surface area contributed by atoms with Gasteiger partial charge in [0.25, 0.3) is 0 Å². The summed E-state index contributed by atoms with van der Waals surface area (Å²) in [7, 11) is 0. The number of thiophene rings is 1. The van der Waals surface area contributed by atoms with Gasteiger partial charge in [0.05, 0.1) is 10.4 Å². The number of halogens is 2. The van der Waals surface area contributed by atoms with Crippen LogP contribution in [0.5, 0.6) is 0 Å². The van der Waals surface area contributed by atoms with Gasteiger partial charge in [0.15, 0.2) is 0 Å². The van der Waals surface area contributed by atoms with Gasteiger partial charge in [-0.2, -0.15) is 0 Å². The maximum atomic E-state index is 9.97. The van der Waals surface area contributed by atoms with Crippen LogP contribution in [0.4, 0.5) is 0 Å². The highest BCUT2D eigenvalue weighted by atomic mass is 79.9. The summed E-state index contributed by atoms with van der Waals surface area (Å²) in [5.41, 5.74) is 0. The molecular formula is C13H12BrClOS2. The fourth-order valence-corrected chi connectivity index (χ4v) is 4.10. The molecule has 0 radical (unpaired) electrons. The second-order valence-electron chi connectivity index (χ2n) is 3.83. The Hall–Kier alpha value is -0.0000000000000000278. The summed E-state index contributed by atoms with van der Waals surface area (Å²) in [5, 5.41) is 9.97. The lowest BCUT2D eigenvalue weighted by Gasteiger charge is -2.09. The standard InChI is InChI=1S/C13H12BrClOS2/c14-9-2-1-3-11(6-9)17-8-10(16)7-12-4-5-13(15)18-12/h1-6,10,16H,7-8H2. The van der Waals surface area contributed by atoms with E-state index in [4.69, 9.17) is 11.6 Å². The minimum absolute atomic E-state index is 0.344. The van der Waals surface area contributed by atoms with Crippen molar-refractivity contribution in [2.24, 2.45) is 0 Å². The van der Waals surface area contributed by atoms with Gasteiger partial charge in [-0.05, 0) is 30.3 Å². The average molecular weight is 364 g/mol. The second kappa shape index (κ2) is 6.96. The first-order valence-corrected chi connectivity index (χ1v) is 8.41. The Balaban J connectivity index is 1.83. The number of hydrogen-bond donors (Lipinski definition) is 1. The van der Waals surface area contributed by atoms with Crippen molar-refractivity contribution in [3.8, 4) is 0 Å². The molecule has 0 fully saturated rings. The van der Waals surface area contributed by atoms with Gasteiger partial charge in [0.2, 0.25) is 0 Å². The van der Waals surface area contributed by atoms with Crippen LogP contribution in [0.25, 0.3) is 0 Å². The van der Waals surface area contributed by atoms with Crippen LogP contribution >= 0.6 is 50.6 Å². The minimum atomic E-state index is -0.344. The van der Waals surface area contributed by atoms with Gasteiger partial charge in [-0.25, -0.2) is 0 Å². The van der Waals surface area contributed by atoms with Gasteiger partial charge >= 0.3 is 0 Å². The van der Waals surface area contributed by atoms with Crippen molar-refractivity contribution in [3.63, 3.8) is 0 Å². The Bertz CT molecular complexity index is 515. The number of hydrogen-bond acceptors (Lipinski definition) is 3. The molecule has 0 spiro atoms. The molecule has 0 saturated heterocycles. The van der Waals surface area contributed by atoms with Gasteiger partial charge in [-0.3, -0.25) is 0 Å². The van der Waals surface area contributed by atoms with Crippen molar-refractivity contribution < 1.29 is 5.11 Å². The van der Waals surface area contributed by atoms with E-state index >= 15 is 0 Å². The highest BCUT2D eigenvalue weighted by molar-refractivity contribution is 9.10. The molecule has 0 aliphatic rings. The Morgan fingerprint density at radius 1 is 1.33 bits per heavy atom. The summed E-state index contributed by atoms with van der Waals surface area (Å²) in [6, 6.07) is 11.9. The minimum Gasteiger partial charge on any atom is -0.392 e. The van der Waals surface area contributed by atoms with E-state index in [2.05, 4.69) is 22.0 Å². The summed E-state index contributed by atoms with van der Waals surface area (Å²) >= 11 is 12.5. The van der Waals surface area contributed by atoms with Gasteiger partial charge in [0.1, 0.15) is 0 Å². The monoisotopic (exact) mass is 362 g/mol. The fourth-order valence-electron chi connectivity index (χ4n) is 1.50. The summed E-state index contributed by atoms with van der Waals surface area (Å²) < 4.78 is 1.84. The molecule has 0 aliphatic heterocycles. The maximum Gasteiger partial charge on any atom is 0.0931 e. The van der Waals surface area contributed by atoms with E-state index in [1.165, 1.54) is 11.3 Å². The predicted molar refractivity (Wildman–Crippen MR) is 83.9 cm³/mol. The fraction of sp³-hybridized carbons (Fsp3) is 0.231. The third-order valence-corrected chi connectivity index (χ3v) is 5.19. The predicted octanol–water partition coefficient (Wildman–Crippen LogP) is 4.86. The smallest absolute Gasteiger partial charge is 0.0931 e. The van der Waals surface area contributed by atoms with E-state index in [0.717, 1.165) is 18.6 Å². The van der Waals surface area contributed by atoms with Crippen molar-refractivity contribution in [2.75, 3.05) is 5.75 Å². The van der Waals surface area contributed by atoms with Crippen LogP contribution in [0.1, 0.15) is 4.88 Å². The molecule has 0 saturated carbocycles. The molecule has 0 aliphatic carbocycles. The molecule has 2 aromatic rings. The van der Waals surface area contributed by atoms with Crippen LogP contribution in [0.3, 0.4) is 0 Å². The normalized spacial score (nSPS) is 12.6. The number of benzene rings is 1. The van der Waals surface area contributed by atoms with E-state index in [-0.39, 0.29) is 6.10 Å². The maximum absolute atomic E-state index is 9.97. The van der Waals surface area contributed by atoms with E-state index in [1.807, 2.05) is 30.3 Å². The number of rotatable bonds is 5. The van der Waals surface area contributed by atoms with Crippen LogP contribution in [0.15, 0.2) is 45.8 Å². The van der Waals surface area contributed by atoms with Crippen LogP contribution < -0.4 is 0 Å². The quantitative estimate of drug-likeness (QED) is 0.766.